The molecule has 4 aromatic heterocycles. The Kier molecular flexibility index (Phi) is 5.20. The number of H-pyrrole nitrogens is 1. The predicted molar refractivity (Wildman–Crippen MR) is 131 cm³/mol. The van der Waals surface area contributed by atoms with E-state index in [-0.39, 0.29) is 17.7 Å². The second kappa shape index (κ2) is 8.29. The van der Waals surface area contributed by atoms with Crippen LogP contribution in [0.1, 0.15) is 68.8 Å². The minimum absolute atomic E-state index is 0.0999. The highest BCUT2D eigenvalue weighted by atomic mass is 19.1. The number of carbonyl (C=O) groups excluding carboxylic acids is 1. The molecule has 0 unspecified atom stereocenters. The molecule has 2 aliphatic carbocycles. The molecular weight excluding hydrogens is 445 g/mol. The van der Waals surface area contributed by atoms with Crippen molar-refractivity contribution < 1.29 is 13.9 Å². The molecular formula is C27H28FN5O2. The number of hydrogen-bond acceptors (Lipinski definition) is 5. The van der Waals surface area contributed by atoms with E-state index in [1.54, 1.807) is 12.3 Å². The average molecular weight is 474 g/mol. The Morgan fingerprint density at radius 1 is 1.29 bits per heavy atom. The Hall–Kier alpha value is -3.55. The van der Waals surface area contributed by atoms with E-state index >= 15 is 0 Å². The van der Waals surface area contributed by atoms with Crippen molar-refractivity contribution in [2.24, 2.45) is 5.41 Å². The van der Waals surface area contributed by atoms with E-state index in [0.29, 0.717) is 19.4 Å². The Labute approximate surface area is 202 Å². The molecule has 1 N–H and O–H groups in total. The Balaban J connectivity index is 1.40. The molecule has 0 spiro atoms. The van der Waals surface area contributed by atoms with Gasteiger partial charge in [0.25, 0.3) is 0 Å². The van der Waals surface area contributed by atoms with Crippen molar-refractivity contribution in [1.29, 1.82) is 0 Å². The maximum absolute atomic E-state index is 13.9. The molecule has 0 radical (unpaired) electrons. The van der Waals surface area contributed by atoms with Crippen LogP contribution in [0.4, 0.5) is 4.39 Å². The van der Waals surface area contributed by atoms with Crippen LogP contribution in [0.15, 0.2) is 36.6 Å². The van der Waals surface area contributed by atoms with E-state index in [2.05, 4.69) is 15.1 Å². The van der Waals surface area contributed by atoms with Crippen molar-refractivity contribution in [3.05, 3.63) is 53.5 Å². The van der Waals surface area contributed by atoms with Crippen molar-refractivity contribution in [2.75, 3.05) is 6.61 Å². The second-order valence-corrected chi connectivity index (χ2v) is 9.94. The number of hydrogen-bond donors (Lipinski definition) is 1. The molecule has 4 heterocycles. The number of aromatic nitrogens is 5. The zero-order chi connectivity index (χ0) is 24.2. The SMILES string of the molecule is CCOC(=O)C1(C)CCC(c2nc3c(-c4cnc5c(c4)C=C(F)CC5)cnn3c3[nH]ccc23)CC1. The maximum atomic E-state index is 13.9. The number of ether oxygens (including phenoxy) is 1. The largest absolute Gasteiger partial charge is 0.466 e. The zero-order valence-electron chi connectivity index (χ0n) is 20.0. The molecule has 0 saturated heterocycles. The number of halogens is 1. The van der Waals surface area contributed by atoms with Crippen molar-refractivity contribution >= 4 is 28.7 Å². The molecule has 0 aliphatic heterocycles. The summed E-state index contributed by atoms with van der Waals surface area (Å²) in [5, 5.41) is 5.67. The van der Waals surface area contributed by atoms with Crippen LogP contribution in [-0.4, -0.2) is 37.1 Å². The van der Waals surface area contributed by atoms with Crippen molar-refractivity contribution in [3.8, 4) is 11.1 Å². The summed E-state index contributed by atoms with van der Waals surface area (Å²) in [5.74, 6) is 0.0244. The lowest BCUT2D eigenvalue weighted by Crippen LogP contribution is -2.34. The molecule has 4 aromatic rings. The van der Waals surface area contributed by atoms with Crippen LogP contribution >= 0.6 is 0 Å². The number of aromatic amines is 1. The summed E-state index contributed by atoms with van der Waals surface area (Å²) in [6.07, 6.45) is 11.4. The van der Waals surface area contributed by atoms with E-state index in [9.17, 15) is 9.18 Å². The Bertz CT molecular complexity index is 1480. The summed E-state index contributed by atoms with van der Waals surface area (Å²) in [7, 11) is 0. The first-order valence-electron chi connectivity index (χ1n) is 12.3. The van der Waals surface area contributed by atoms with Gasteiger partial charge in [0.1, 0.15) is 11.5 Å². The number of carbonyl (C=O) groups is 1. The summed E-state index contributed by atoms with van der Waals surface area (Å²) in [6, 6.07) is 4.02. The fourth-order valence-electron chi connectivity index (χ4n) is 5.55. The third kappa shape index (κ3) is 3.63. The molecule has 7 nitrogen and oxygen atoms in total. The van der Waals surface area contributed by atoms with Gasteiger partial charge in [-0.1, -0.05) is 0 Å². The highest BCUT2D eigenvalue weighted by Crippen LogP contribution is 2.45. The number of aryl methyl sites for hydroxylation is 1. The zero-order valence-corrected chi connectivity index (χ0v) is 20.0. The number of nitrogens with zero attached hydrogens (tertiary/aromatic N) is 4. The van der Waals surface area contributed by atoms with Crippen LogP contribution in [0, 0.1) is 5.41 Å². The molecule has 0 bridgehead atoms. The first-order chi connectivity index (χ1) is 17.0. The normalized spacial score (nSPS) is 22.3. The highest BCUT2D eigenvalue weighted by molar-refractivity contribution is 5.87. The third-order valence-corrected chi connectivity index (χ3v) is 7.65. The van der Waals surface area contributed by atoms with Gasteiger partial charge < -0.3 is 9.72 Å². The van der Waals surface area contributed by atoms with Crippen molar-refractivity contribution in [3.63, 3.8) is 0 Å². The fraction of sp³-hybridized carbons (Fsp3) is 0.407. The monoisotopic (exact) mass is 473 g/mol. The predicted octanol–water partition coefficient (Wildman–Crippen LogP) is 5.76. The van der Waals surface area contributed by atoms with Gasteiger partial charge in [-0.25, -0.2) is 9.37 Å². The van der Waals surface area contributed by atoms with E-state index in [4.69, 9.17) is 9.72 Å². The third-order valence-electron chi connectivity index (χ3n) is 7.65. The first-order valence-corrected chi connectivity index (χ1v) is 12.3. The number of pyridine rings is 1. The van der Waals surface area contributed by atoms with Gasteiger partial charge in [0, 0.05) is 46.9 Å². The number of esters is 1. The smallest absolute Gasteiger partial charge is 0.311 e. The van der Waals surface area contributed by atoms with E-state index in [1.807, 2.05) is 42.9 Å². The lowest BCUT2D eigenvalue weighted by molar-refractivity contribution is -0.156. The highest BCUT2D eigenvalue weighted by Gasteiger charge is 2.40. The number of nitrogens with one attached hydrogen (secondary N) is 1. The van der Waals surface area contributed by atoms with Crippen LogP contribution in [-0.2, 0) is 16.0 Å². The Morgan fingerprint density at radius 2 is 2.11 bits per heavy atom. The van der Waals surface area contributed by atoms with Gasteiger partial charge in [0.05, 0.1) is 23.9 Å². The summed E-state index contributed by atoms with van der Waals surface area (Å²) < 4.78 is 21.1. The quantitative estimate of drug-likeness (QED) is 0.381. The molecule has 1 fully saturated rings. The van der Waals surface area contributed by atoms with Gasteiger partial charge >= 0.3 is 5.97 Å². The minimum Gasteiger partial charge on any atom is -0.466 e. The van der Waals surface area contributed by atoms with Crippen molar-refractivity contribution in [1.82, 2.24) is 24.6 Å². The lowest BCUT2D eigenvalue weighted by Gasteiger charge is -2.35. The second-order valence-electron chi connectivity index (χ2n) is 9.94. The summed E-state index contributed by atoms with van der Waals surface area (Å²) in [4.78, 5) is 25.6. The minimum atomic E-state index is -0.437. The number of fused-ring (bicyclic) bond motifs is 4. The topological polar surface area (TPSA) is 85.2 Å². The lowest BCUT2D eigenvalue weighted by atomic mass is 9.70. The van der Waals surface area contributed by atoms with E-state index in [0.717, 1.165) is 70.4 Å². The summed E-state index contributed by atoms with van der Waals surface area (Å²) >= 11 is 0. The van der Waals surface area contributed by atoms with Crippen LogP contribution in [0.5, 0.6) is 0 Å². The average Bonchev–Trinajstić information content (AvgIpc) is 3.51. The number of rotatable bonds is 4. The molecule has 180 valence electrons. The summed E-state index contributed by atoms with van der Waals surface area (Å²) in [5.41, 5.74) is 5.70. The Morgan fingerprint density at radius 3 is 2.91 bits per heavy atom. The van der Waals surface area contributed by atoms with Gasteiger partial charge in [-0.2, -0.15) is 9.61 Å². The molecule has 1 saturated carbocycles. The molecule has 0 amide bonds. The van der Waals surface area contributed by atoms with Crippen LogP contribution in [0.3, 0.4) is 0 Å². The van der Waals surface area contributed by atoms with E-state index in [1.165, 1.54) is 0 Å². The van der Waals surface area contributed by atoms with Gasteiger partial charge in [-0.05, 0) is 69.7 Å². The van der Waals surface area contributed by atoms with Gasteiger partial charge in [-0.3, -0.25) is 9.78 Å². The molecule has 0 atom stereocenters. The maximum Gasteiger partial charge on any atom is 0.311 e. The summed E-state index contributed by atoms with van der Waals surface area (Å²) in [6.45, 7) is 4.27. The van der Waals surface area contributed by atoms with Crippen LogP contribution in [0.25, 0.3) is 33.9 Å². The van der Waals surface area contributed by atoms with Gasteiger partial charge in [0.2, 0.25) is 0 Å². The molecule has 8 heteroatoms. The molecule has 0 aromatic carbocycles. The molecule has 35 heavy (non-hydrogen) atoms. The first kappa shape index (κ1) is 21.9. The van der Waals surface area contributed by atoms with E-state index < -0.39 is 5.41 Å². The fourth-order valence-corrected chi connectivity index (χ4v) is 5.55. The van der Waals surface area contributed by atoms with Gasteiger partial charge in [-0.15, -0.1) is 0 Å². The molecule has 6 rings (SSSR count). The van der Waals surface area contributed by atoms with Gasteiger partial charge in [0.15, 0.2) is 5.65 Å². The van der Waals surface area contributed by atoms with Crippen LogP contribution in [0.2, 0.25) is 0 Å². The van der Waals surface area contributed by atoms with Crippen molar-refractivity contribution in [2.45, 2.75) is 58.3 Å². The number of allylic oxidation sites excluding steroid dienone is 1. The van der Waals surface area contributed by atoms with Crippen LogP contribution < -0.4 is 0 Å². The molecule has 2 aliphatic rings. The standard InChI is InChI=1S/C27H28FN5O2/c1-3-35-26(34)27(2)9-6-16(7-10-27)23-20-8-11-29-24(20)33-25(32-23)21(15-31-33)18-12-17-13-19(28)4-5-22(17)30-14-18/h8,11-16,29H,3-7,9-10H2,1-2H3.